The molecular formula is C26H35NO3. The number of carboxylic acids is 1. The summed E-state index contributed by atoms with van der Waals surface area (Å²) >= 11 is 0. The second-order valence-corrected chi connectivity index (χ2v) is 8.52. The van der Waals surface area contributed by atoms with E-state index in [0.717, 1.165) is 54.1 Å². The van der Waals surface area contributed by atoms with E-state index in [1.165, 1.54) is 32.1 Å². The van der Waals surface area contributed by atoms with E-state index >= 15 is 0 Å². The quantitative estimate of drug-likeness (QED) is 0.457. The van der Waals surface area contributed by atoms with Crippen LogP contribution in [0.1, 0.15) is 73.4 Å². The normalized spacial score (nSPS) is 14.9. The Kier molecular flexibility index (Phi) is 8.47. The lowest BCUT2D eigenvalue weighted by Gasteiger charge is -2.29. The average molecular weight is 410 g/mol. The number of hydrogen-bond acceptors (Lipinski definition) is 3. The van der Waals surface area contributed by atoms with Crippen LogP contribution in [-0.2, 0) is 11.4 Å². The molecule has 0 aromatic heterocycles. The molecule has 0 bridgehead atoms. The van der Waals surface area contributed by atoms with Gasteiger partial charge in [-0.2, -0.15) is 5.06 Å². The maximum Gasteiger partial charge on any atom is 0.336 e. The molecule has 1 saturated carbocycles. The number of benzene rings is 2. The first kappa shape index (κ1) is 22.5. The van der Waals surface area contributed by atoms with Gasteiger partial charge in [-0.1, -0.05) is 62.9 Å². The van der Waals surface area contributed by atoms with E-state index in [2.05, 4.69) is 12.0 Å². The summed E-state index contributed by atoms with van der Waals surface area (Å²) in [6, 6.07) is 13.5. The third kappa shape index (κ3) is 6.16. The highest BCUT2D eigenvalue weighted by atomic mass is 16.7. The molecule has 4 heteroatoms. The molecule has 0 atom stereocenters. The molecule has 1 aliphatic carbocycles. The van der Waals surface area contributed by atoms with Gasteiger partial charge >= 0.3 is 5.97 Å². The van der Waals surface area contributed by atoms with E-state index in [1.54, 1.807) is 6.07 Å². The second kappa shape index (κ2) is 11.3. The molecule has 2 aromatic carbocycles. The predicted octanol–water partition coefficient (Wildman–Crippen LogP) is 6.47. The molecule has 1 N–H and O–H groups in total. The van der Waals surface area contributed by atoms with Gasteiger partial charge < -0.3 is 5.11 Å². The Morgan fingerprint density at radius 2 is 1.87 bits per heavy atom. The minimum absolute atomic E-state index is 0.332. The van der Waals surface area contributed by atoms with Crippen LogP contribution in [0.4, 0.5) is 0 Å². The number of aryl methyl sites for hydroxylation is 1. The molecule has 162 valence electrons. The van der Waals surface area contributed by atoms with Gasteiger partial charge in [-0.05, 0) is 66.5 Å². The van der Waals surface area contributed by atoms with Gasteiger partial charge in [-0.25, -0.2) is 4.79 Å². The average Bonchev–Trinajstić information content (AvgIpc) is 2.76. The van der Waals surface area contributed by atoms with Gasteiger partial charge in [-0.15, -0.1) is 0 Å². The van der Waals surface area contributed by atoms with E-state index in [-0.39, 0.29) is 0 Å². The first-order valence-corrected chi connectivity index (χ1v) is 11.4. The molecule has 0 aliphatic heterocycles. The fourth-order valence-corrected chi connectivity index (χ4v) is 4.33. The first-order chi connectivity index (χ1) is 14.6. The summed E-state index contributed by atoms with van der Waals surface area (Å²) in [5, 5.41) is 11.8. The zero-order valence-electron chi connectivity index (χ0n) is 18.4. The fourth-order valence-electron chi connectivity index (χ4n) is 4.33. The highest BCUT2D eigenvalue weighted by molar-refractivity contribution is 5.96. The molecule has 0 saturated heterocycles. The monoisotopic (exact) mass is 409 g/mol. The van der Waals surface area contributed by atoms with Crippen molar-refractivity contribution in [3.05, 3.63) is 59.2 Å². The molecule has 30 heavy (non-hydrogen) atoms. The van der Waals surface area contributed by atoms with Crippen LogP contribution in [0.5, 0.6) is 0 Å². The summed E-state index contributed by atoms with van der Waals surface area (Å²) in [5.74, 6) is -0.171. The van der Waals surface area contributed by atoms with Crippen LogP contribution in [0.25, 0.3) is 11.1 Å². The molecule has 2 aromatic rings. The number of hydroxylamine groups is 2. The Balaban J connectivity index is 1.75. The van der Waals surface area contributed by atoms with Crippen LogP contribution < -0.4 is 0 Å². The molecule has 3 rings (SSSR count). The fraction of sp³-hybridized carbons (Fsp3) is 0.500. The molecule has 0 unspecified atom stereocenters. The minimum Gasteiger partial charge on any atom is -0.478 e. The summed E-state index contributed by atoms with van der Waals surface area (Å²) in [6.45, 7) is 6.64. The second-order valence-electron chi connectivity index (χ2n) is 8.52. The van der Waals surface area contributed by atoms with Crippen LogP contribution in [0.3, 0.4) is 0 Å². The number of unbranched alkanes of at least 4 members (excludes halogenated alkanes) is 1. The van der Waals surface area contributed by atoms with Crippen molar-refractivity contribution in [1.29, 1.82) is 0 Å². The summed E-state index contributed by atoms with van der Waals surface area (Å²) in [4.78, 5) is 18.0. The minimum atomic E-state index is -0.900. The third-order valence-corrected chi connectivity index (χ3v) is 6.11. The van der Waals surface area contributed by atoms with Crippen molar-refractivity contribution in [3.8, 4) is 11.1 Å². The summed E-state index contributed by atoms with van der Waals surface area (Å²) in [5.41, 5.74) is 4.12. The van der Waals surface area contributed by atoms with Gasteiger partial charge in [0.05, 0.1) is 12.2 Å². The van der Waals surface area contributed by atoms with E-state index in [4.69, 9.17) is 4.84 Å². The molecular weight excluding hydrogens is 374 g/mol. The Morgan fingerprint density at radius 3 is 2.57 bits per heavy atom. The smallest absolute Gasteiger partial charge is 0.336 e. The molecule has 4 nitrogen and oxygen atoms in total. The van der Waals surface area contributed by atoms with Crippen LogP contribution >= 0.6 is 0 Å². The van der Waals surface area contributed by atoms with E-state index in [0.29, 0.717) is 12.2 Å². The van der Waals surface area contributed by atoms with Gasteiger partial charge in [0, 0.05) is 13.1 Å². The zero-order chi connectivity index (χ0) is 21.3. The number of carboxylic acid groups (broad SMARTS) is 1. The molecule has 0 amide bonds. The van der Waals surface area contributed by atoms with Crippen molar-refractivity contribution in [1.82, 2.24) is 5.06 Å². The predicted molar refractivity (Wildman–Crippen MR) is 121 cm³/mol. The Hall–Kier alpha value is -2.17. The lowest BCUT2D eigenvalue weighted by molar-refractivity contribution is -0.178. The summed E-state index contributed by atoms with van der Waals surface area (Å²) in [7, 11) is 0. The molecule has 1 fully saturated rings. The highest BCUT2D eigenvalue weighted by Gasteiger charge is 2.19. The maximum absolute atomic E-state index is 11.8. The van der Waals surface area contributed by atoms with Crippen molar-refractivity contribution < 1.29 is 14.7 Å². The molecule has 0 heterocycles. The van der Waals surface area contributed by atoms with Crippen molar-refractivity contribution in [2.24, 2.45) is 5.92 Å². The largest absolute Gasteiger partial charge is 0.478 e. The zero-order valence-corrected chi connectivity index (χ0v) is 18.4. The van der Waals surface area contributed by atoms with Gasteiger partial charge in [-0.3, -0.25) is 4.84 Å². The van der Waals surface area contributed by atoms with Crippen molar-refractivity contribution in [2.45, 2.75) is 65.4 Å². The van der Waals surface area contributed by atoms with Crippen LogP contribution in [0, 0.1) is 12.8 Å². The standard InChI is InChI=1S/C26H35NO3/c1-3-4-16-27(18-21-11-6-5-7-12-21)30-19-22-14-15-24(26(28)29)25(17-22)23-13-9-8-10-20(23)2/h8-10,13-15,17,21H,3-7,11-12,16,18-19H2,1-2H3,(H,28,29). The molecule has 0 spiro atoms. The number of hydrogen-bond donors (Lipinski definition) is 1. The first-order valence-electron chi connectivity index (χ1n) is 11.4. The lowest BCUT2D eigenvalue weighted by atomic mass is 9.89. The summed E-state index contributed by atoms with van der Waals surface area (Å²) in [6.07, 6.45) is 8.91. The maximum atomic E-state index is 11.8. The van der Waals surface area contributed by atoms with Gasteiger partial charge in [0.15, 0.2) is 0 Å². The SMILES string of the molecule is CCCCN(CC1CCCCC1)OCc1ccc(C(=O)O)c(-c2ccccc2C)c1. The van der Waals surface area contributed by atoms with Crippen LogP contribution in [0.2, 0.25) is 0 Å². The van der Waals surface area contributed by atoms with Gasteiger partial charge in [0.1, 0.15) is 0 Å². The van der Waals surface area contributed by atoms with Crippen LogP contribution in [-0.4, -0.2) is 29.2 Å². The van der Waals surface area contributed by atoms with E-state index in [1.807, 2.05) is 43.3 Å². The number of rotatable bonds is 10. The number of aromatic carboxylic acids is 1. The summed E-state index contributed by atoms with van der Waals surface area (Å²) < 4.78 is 0. The van der Waals surface area contributed by atoms with Crippen molar-refractivity contribution in [2.75, 3.05) is 13.1 Å². The lowest BCUT2D eigenvalue weighted by Crippen LogP contribution is -2.31. The Labute approximate surface area is 180 Å². The van der Waals surface area contributed by atoms with Crippen molar-refractivity contribution in [3.63, 3.8) is 0 Å². The Bertz CT molecular complexity index is 827. The van der Waals surface area contributed by atoms with E-state index in [9.17, 15) is 9.90 Å². The third-order valence-electron chi connectivity index (χ3n) is 6.11. The van der Waals surface area contributed by atoms with Crippen molar-refractivity contribution >= 4 is 5.97 Å². The highest BCUT2D eigenvalue weighted by Crippen LogP contribution is 2.29. The van der Waals surface area contributed by atoms with Crippen LogP contribution in [0.15, 0.2) is 42.5 Å². The number of carbonyl (C=O) groups is 1. The van der Waals surface area contributed by atoms with Gasteiger partial charge in [0.25, 0.3) is 0 Å². The molecule has 1 aliphatic rings. The van der Waals surface area contributed by atoms with E-state index < -0.39 is 5.97 Å². The Morgan fingerprint density at radius 1 is 1.10 bits per heavy atom. The number of nitrogens with zero attached hydrogens (tertiary/aromatic N) is 1. The molecule has 0 radical (unpaired) electrons. The van der Waals surface area contributed by atoms with Gasteiger partial charge in [0.2, 0.25) is 0 Å². The topological polar surface area (TPSA) is 49.8 Å².